The third-order valence-electron chi connectivity index (χ3n) is 1.43. The van der Waals surface area contributed by atoms with Crippen LogP contribution in [0.2, 0.25) is 0 Å². The minimum atomic E-state index is 0.595. The Balaban J connectivity index is 4.36. The van der Waals surface area contributed by atoms with Crippen LogP contribution in [0.25, 0.3) is 0 Å². The highest BCUT2D eigenvalue weighted by molar-refractivity contribution is 5.22. The Morgan fingerprint density at radius 2 is 1.82 bits per heavy atom. The van der Waals surface area contributed by atoms with E-state index < -0.39 is 0 Å². The molecule has 0 atom stereocenters. The van der Waals surface area contributed by atoms with Gasteiger partial charge in [-0.2, -0.15) is 0 Å². The van der Waals surface area contributed by atoms with Gasteiger partial charge < -0.3 is 5.32 Å². The number of allylic oxidation sites excluding steroid dienone is 3. The van der Waals surface area contributed by atoms with Crippen molar-refractivity contribution in [1.82, 2.24) is 5.32 Å². The predicted octanol–water partition coefficient (Wildman–Crippen LogP) is 2.71. The predicted molar refractivity (Wildman–Crippen MR) is 51.4 cm³/mol. The summed E-state index contributed by atoms with van der Waals surface area (Å²) in [5.74, 6) is 0.595. The quantitative estimate of drug-likeness (QED) is 0.615. The van der Waals surface area contributed by atoms with E-state index in [4.69, 9.17) is 0 Å². The van der Waals surface area contributed by atoms with E-state index in [2.05, 4.69) is 45.3 Å². The third-order valence-corrected chi connectivity index (χ3v) is 1.43. The third kappa shape index (κ3) is 4.65. The van der Waals surface area contributed by atoms with Crippen LogP contribution in [0.4, 0.5) is 0 Å². The summed E-state index contributed by atoms with van der Waals surface area (Å²) >= 11 is 0. The van der Waals surface area contributed by atoms with Gasteiger partial charge in [-0.15, -0.1) is 0 Å². The van der Waals surface area contributed by atoms with Gasteiger partial charge in [0.1, 0.15) is 0 Å². The molecule has 0 bridgehead atoms. The fourth-order valence-electron chi connectivity index (χ4n) is 0.875. The Morgan fingerprint density at radius 1 is 1.27 bits per heavy atom. The Morgan fingerprint density at radius 3 is 2.09 bits per heavy atom. The van der Waals surface area contributed by atoms with Crippen molar-refractivity contribution in [1.29, 1.82) is 0 Å². The summed E-state index contributed by atoms with van der Waals surface area (Å²) in [5, 5.41) is 3.05. The summed E-state index contributed by atoms with van der Waals surface area (Å²) in [6.07, 6.45) is 4.26. The van der Waals surface area contributed by atoms with E-state index in [1.54, 1.807) is 0 Å². The van der Waals surface area contributed by atoms with Gasteiger partial charge >= 0.3 is 0 Å². The Kier molecular flexibility index (Phi) is 4.67. The molecule has 0 radical (unpaired) electrons. The molecule has 0 amide bonds. The molecule has 0 aliphatic carbocycles. The normalized spacial score (nSPS) is 11.6. The van der Waals surface area contributed by atoms with E-state index in [-0.39, 0.29) is 0 Å². The Hall–Kier alpha value is -0.720. The molecule has 0 aliphatic heterocycles. The van der Waals surface area contributed by atoms with Gasteiger partial charge in [-0.05, 0) is 31.5 Å². The SMILES string of the molecule is CN/C=C(\C=C(C)C)C(C)C. The molecule has 0 unspecified atom stereocenters. The molecule has 0 heterocycles. The van der Waals surface area contributed by atoms with E-state index in [0.717, 1.165) is 0 Å². The molecule has 0 fully saturated rings. The molecule has 11 heavy (non-hydrogen) atoms. The molecular formula is C10H19N. The van der Waals surface area contributed by atoms with Crippen molar-refractivity contribution in [2.75, 3.05) is 7.05 Å². The number of rotatable bonds is 3. The van der Waals surface area contributed by atoms with Gasteiger partial charge in [-0.1, -0.05) is 25.5 Å². The van der Waals surface area contributed by atoms with Gasteiger partial charge in [-0.3, -0.25) is 0 Å². The van der Waals surface area contributed by atoms with E-state index >= 15 is 0 Å². The Bertz CT molecular complexity index is 160. The molecule has 1 nitrogen and oxygen atoms in total. The molecule has 0 aliphatic rings. The first-order valence-corrected chi connectivity index (χ1v) is 4.10. The fraction of sp³-hybridized carbons (Fsp3) is 0.600. The summed E-state index contributed by atoms with van der Waals surface area (Å²) in [6, 6.07) is 0. The lowest BCUT2D eigenvalue weighted by atomic mass is 10.0. The lowest BCUT2D eigenvalue weighted by molar-refractivity contribution is 0.778. The van der Waals surface area contributed by atoms with Gasteiger partial charge in [0.15, 0.2) is 0 Å². The molecule has 64 valence electrons. The maximum atomic E-state index is 3.05. The maximum absolute atomic E-state index is 3.05. The van der Waals surface area contributed by atoms with Gasteiger partial charge in [0.2, 0.25) is 0 Å². The molecule has 0 aromatic heterocycles. The molecule has 1 heteroatoms. The molecule has 0 aromatic rings. The highest BCUT2D eigenvalue weighted by atomic mass is 14.8. The largest absolute Gasteiger partial charge is 0.394 e. The first kappa shape index (κ1) is 10.3. The van der Waals surface area contributed by atoms with Crippen molar-refractivity contribution in [2.45, 2.75) is 27.7 Å². The van der Waals surface area contributed by atoms with Crippen LogP contribution in [0.1, 0.15) is 27.7 Å². The van der Waals surface area contributed by atoms with Gasteiger partial charge in [0, 0.05) is 7.05 Å². The van der Waals surface area contributed by atoms with Gasteiger partial charge in [0.25, 0.3) is 0 Å². The maximum Gasteiger partial charge on any atom is 0.00278 e. The second-order valence-electron chi connectivity index (χ2n) is 3.31. The van der Waals surface area contributed by atoms with E-state index in [9.17, 15) is 0 Å². The minimum Gasteiger partial charge on any atom is -0.394 e. The second kappa shape index (κ2) is 5.00. The van der Waals surface area contributed by atoms with E-state index in [1.165, 1.54) is 11.1 Å². The summed E-state index contributed by atoms with van der Waals surface area (Å²) < 4.78 is 0. The van der Waals surface area contributed by atoms with Crippen LogP contribution in [-0.4, -0.2) is 7.05 Å². The lowest BCUT2D eigenvalue weighted by Gasteiger charge is -2.06. The smallest absolute Gasteiger partial charge is 0.00278 e. The van der Waals surface area contributed by atoms with E-state index in [0.29, 0.717) is 5.92 Å². The average Bonchev–Trinajstić information content (AvgIpc) is 1.86. The first-order valence-electron chi connectivity index (χ1n) is 4.10. The number of hydrogen-bond acceptors (Lipinski definition) is 1. The highest BCUT2D eigenvalue weighted by Gasteiger charge is 1.97. The van der Waals surface area contributed by atoms with Gasteiger partial charge in [-0.25, -0.2) is 0 Å². The fourth-order valence-corrected chi connectivity index (χ4v) is 0.875. The first-order chi connectivity index (χ1) is 5.07. The average molecular weight is 153 g/mol. The van der Waals surface area contributed by atoms with Crippen molar-refractivity contribution in [3.05, 3.63) is 23.4 Å². The van der Waals surface area contributed by atoms with Crippen molar-refractivity contribution >= 4 is 0 Å². The van der Waals surface area contributed by atoms with Gasteiger partial charge in [0.05, 0.1) is 0 Å². The molecule has 0 aromatic carbocycles. The van der Waals surface area contributed by atoms with Crippen molar-refractivity contribution in [3.8, 4) is 0 Å². The summed E-state index contributed by atoms with van der Waals surface area (Å²) in [7, 11) is 1.93. The van der Waals surface area contributed by atoms with Crippen LogP contribution < -0.4 is 5.32 Å². The minimum absolute atomic E-state index is 0.595. The molecule has 0 saturated carbocycles. The monoisotopic (exact) mass is 153 g/mol. The van der Waals surface area contributed by atoms with Crippen molar-refractivity contribution in [2.24, 2.45) is 5.92 Å². The summed E-state index contributed by atoms with van der Waals surface area (Å²) in [6.45, 7) is 8.63. The molecule has 0 spiro atoms. The van der Waals surface area contributed by atoms with E-state index in [1.807, 2.05) is 7.05 Å². The molecular weight excluding hydrogens is 134 g/mol. The van der Waals surface area contributed by atoms with Crippen LogP contribution >= 0.6 is 0 Å². The zero-order valence-electron chi connectivity index (χ0n) is 8.23. The zero-order chi connectivity index (χ0) is 8.85. The van der Waals surface area contributed by atoms with Crippen molar-refractivity contribution in [3.63, 3.8) is 0 Å². The van der Waals surface area contributed by atoms with Crippen LogP contribution in [-0.2, 0) is 0 Å². The number of hydrogen-bond donors (Lipinski definition) is 1. The highest BCUT2D eigenvalue weighted by Crippen LogP contribution is 2.11. The van der Waals surface area contributed by atoms with Crippen LogP contribution in [0, 0.1) is 5.92 Å². The zero-order valence-corrected chi connectivity index (χ0v) is 8.23. The molecule has 1 N–H and O–H groups in total. The topological polar surface area (TPSA) is 12.0 Å². The van der Waals surface area contributed by atoms with Crippen molar-refractivity contribution < 1.29 is 0 Å². The summed E-state index contributed by atoms with van der Waals surface area (Å²) in [5.41, 5.74) is 2.70. The Labute approximate surface area is 70.2 Å². The van der Waals surface area contributed by atoms with Crippen LogP contribution in [0.3, 0.4) is 0 Å². The molecule has 0 saturated heterocycles. The second-order valence-corrected chi connectivity index (χ2v) is 3.31. The lowest BCUT2D eigenvalue weighted by Crippen LogP contribution is -2.00. The summed E-state index contributed by atoms with van der Waals surface area (Å²) in [4.78, 5) is 0. The standard InChI is InChI=1S/C10H19N/c1-8(2)6-10(7-11-5)9(3)4/h6-7,9,11H,1-5H3/b10-7+. The van der Waals surface area contributed by atoms with Crippen LogP contribution in [0.15, 0.2) is 23.4 Å². The van der Waals surface area contributed by atoms with Crippen LogP contribution in [0.5, 0.6) is 0 Å². The number of nitrogens with one attached hydrogen (secondary N) is 1. The molecule has 0 rings (SSSR count).